The van der Waals surface area contributed by atoms with Gasteiger partial charge in [-0.3, -0.25) is 14.9 Å². The summed E-state index contributed by atoms with van der Waals surface area (Å²) in [4.78, 5) is 21.2. The van der Waals surface area contributed by atoms with Gasteiger partial charge in [-0.05, 0) is 56.8 Å². The molecule has 3 heterocycles. The average Bonchev–Trinajstić information content (AvgIpc) is 3.05. The molecule has 140 valence electrons. The predicted octanol–water partition coefficient (Wildman–Crippen LogP) is 2.42. The lowest BCUT2D eigenvalue weighted by molar-refractivity contribution is -0.133. The maximum absolute atomic E-state index is 12.6. The molecule has 1 atom stereocenters. The Hall–Kier alpha value is -2.21. The molecule has 0 aromatic carbocycles. The third kappa shape index (κ3) is 5.14. The average molecular weight is 355 g/mol. The number of aromatic nitrogens is 3. The van der Waals surface area contributed by atoms with Crippen molar-refractivity contribution in [3.05, 3.63) is 47.5 Å². The quantitative estimate of drug-likeness (QED) is 0.828. The van der Waals surface area contributed by atoms with Crippen LogP contribution < -0.4 is 0 Å². The number of carbonyl (C=O) groups is 1. The van der Waals surface area contributed by atoms with E-state index in [0.29, 0.717) is 12.3 Å². The van der Waals surface area contributed by atoms with Crippen LogP contribution in [0.15, 0.2) is 30.6 Å². The zero-order valence-corrected chi connectivity index (χ0v) is 15.8. The molecule has 1 saturated heterocycles. The molecule has 1 N–H and O–H groups in total. The van der Waals surface area contributed by atoms with Gasteiger partial charge in [-0.25, -0.2) is 0 Å². The van der Waals surface area contributed by atoms with Gasteiger partial charge in [0.15, 0.2) is 0 Å². The van der Waals surface area contributed by atoms with Gasteiger partial charge in [0.05, 0.1) is 11.9 Å². The van der Waals surface area contributed by atoms with E-state index in [1.165, 1.54) is 17.7 Å². The van der Waals surface area contributed by atoms with Crippen LogP contribution in [0.4, 0.5) is 0 Å². The van der Waals surface area contributed by atoms with Crippen LogP contribution in [0, 0.1) is 12.8 Å². The summed E-state index contributed by atoms with van der Waals surface area (Å²) in [7, 11) is 2.04. The fourth-order valence-electron chi connectivity index (χ4n) is 3.62. The lowest BCUT2D eigenvalue weighted by Gasteiger charge is -2.33. The predicted molar refractivity (Wildman–Crippen MR) is 102 cm³/mol. The summed E-state index contributed by atoms with van der Waals surface area (Å²) in [6.07, 6.45) is 7.51. The monoisotopic (exact) mass is 355 g/mol. The standard InChI is InChI=1S/C20H29N5O/c1-16-13-22-23-19(16)12-17-6-5-10-25(14-17)20(26)8-11-24(2)15-18-7-3-4-9-21-18/h3-4,7,9,13,17H,5-6,8,10-12,14-15H2,1-2H3,(H,22,23). The topological polar surface area (TPSA) is 65.1 Å². The first-order chi connectivity index (χ1) is 12.6. The number of aryl methyl sites for hydroxylation is 1. The second-order valence-corrected chi connectivity index (χ2v) is 7.39. The molecule has 0 bridgehead atoms. The maximum atomic E-state index is 12.6. The molecule has 1 amide bonds. The van der Waals surface area contributed by atoms with Gasteiger partial charge in [-0.2, -0.15) is 5.10 Å². The number of H-pyrrole nitrogens is 1. The van der Waals surface area contributed by atoms with Crippen LogP contribution in [-0.2, 0) is 17.8 Å². The van der Waals surface area contributed by atoms with Gasteiger partial charge >= 0.3 is 0 Å². The lowest BCUT2D eigenvalue weighted by Crippen LogP contribution is -2.41. The summed E-state index contributed by atoms with van der Waals surface area (Å²) in [6.45, 7) is 5.37. The molecule has 6 nitrogen and oxygen atoms in total. The Balaban J connectivity index is 1.44. The van der Waals surface area contributed by atoms with Crippen molar-refractivity contribution in [1.82, 2.24) is 25.0 Å². The van der Waals surface area contributed by atoms with Crippen molar-refractivity contribution in [3.8, 4) is 0 Å². The van der Waals surface area contributed by atoms with Crippen LogP contribution in [0.2, 0.25) is 0 Å². The zero-order chi connectivity index (χ0) is 18.4. The van der Waals surface area contributed by atoms with Gasteiger partial charge in [-0.15, -0.1) is 0 Å². The molecule has 2 aromatic rings. The van der Waals surface area contributed by atoms with Crippen molar-refractivity contribution < 1.29 is 4.79 Å². The van der Waals surface area contributed by atoms with Crippen LogP contribution in [0.1, 0.15) is 36.2 Å². The van der Waals surface area contributed by atoms with Gasteiger partial charge in [0.2, 0.25) is 5.91 Å². The summed E-state index contributed by atoms with van der Waals surface area (Å²) < 4.78 is 0. The summed E-state index contributed by atoms with van der Waals surface area (Å²) in [5, 5.41) is 7.20. The van der Waals surface area contributed by atoms with Gasteiger partial charge in [0, 0.05) is 44.5 Å². The summed E-state index contributed by atoms with van der Waals surface area (Å²) in [5.74, 6) is 0.794. The molecule has 1 fully saturated rings. The SMILES string of the molecule is Cc1cn[nH]c1CC1CCCN(C(=O)CCN(C)Cc2ccccn2)C1. The minimum absolute atomic E-state index is 0.268. The Morgan fingerprint density at radius 2 is 2.31 bits per heavy atom. The highest BCUT2D eigenvalue weighted by Gasteiger charge is 2.24. The normalized spacial score (nSPS) is 17.7. The van der Waals surface area contributed by atoms with Crippen LogP contribution >= 0.6 is 0 Å². The van der Waals surface area contributed by atoms with Crippen molar-refractivity contribution in [3.63, 3.8) is 0 Å². The van der Waals surface area contributed by atoms with E-state index in [0.717, 1.165) is 44.7 Å². The van der Waals surface area contributed by atoms with Crippen LogP contribution in [-0.4, -0.2) is 57.6 Å². The Kier molecular flexibility index (Phi) is 6.39. The minimum atomic E-state index is 0.268. The number of piperidine rings is 1. The van der Waals surface area contributed by atoms with E-state index in [-0.39, 0.29) is 5.91 Å². The molecular formula is C20H29N5O. The van der Waals surface area contributed by atoms with Gasteiger partial charge < -0.3 is 9.80 Å². The number of rotatable bonds is 7. The first-order valence-corrected chi connectivity index (χ1v) is 9.47. The molecule has 0 aliphatic carbocycles. The summed E-state index contributed by atoms with van der Waals surface area (Å²) in [5.41, 5.74) is 3.46. The maximum Gasteiger partial charge on any atom is 0.223 e. The van der Waals surface area contributed by atoms with Crippen LogP contribution in [0.3, 0.4) is 0 Å². The number of pyridine rings is 1. The number of amides is 1. The molecule has 26 heavy (non-hydrogen) atoms. The van der Waals surface area contributed by atoms with Gasteiger partial charge in [0.1, 0.15) is 0 Å². The molecule has 0 spiro atoms. The number of carbonyl (C=O) groups excluding carboxylic acids is 1. The van der Waals surface area contributed by atoms with E-state index < -0.39 is 0 Å². The van der Waals surface area contributed by atoms with Gasteiger partial charge in [-0.1, -0.05) is 6.07 Å². The Labute approximate surface area is 155 Å². The van der Waals surface area contributed by atoms with E-state index in [1.807, 2.05) is 37.6 Å². The summed E-state index contributed by atoms with van der Waals surface area (Å²) >= 11 is 0. The largest absolute Gasteiger partial charge is 0.342 e. The highest BCUT2D eigenvalue weighted by molar-refractivity contribution is 5.76. The van der Waals surface area contributed by atoms with Crippen LogP contribution in [0.5, 0.6) is 0 Å². The third-order valence-corrected chi connectivity index (χ3v) is 5.16. The molecule has 6 heteroatoms. The second kappa shape index (κ2) is 8.94. The van der Waals surface area contributed by atoms with E-state index in [2.05, 4.69) is 31.9 Å². The highest BCUT2D eigenvalue weighted by Crippen LogP contribution is 2.22. The van der Waals surface area contributed by atoms with Crippen molar-refractivity contribution in [2.24, 2.45) is 5.92 Å². The number of likely N-dealkylation sites (tertiary alicyclic amines) is 1. The summed E-state index contributed by atoms with van der Waals surface area (Å²) in [6, 6.07) is 5.94. The first kappa shape index (κ1) is 18.6. The molecular weight excluding hydrogens is 326 g/mol. The number of aromatic amines is 1. The molecule has 2 aromatic heterocycles. The molecule has 1 aliphatic heterocycles. The van der Waals surface area contributed by atoms with E-state index in [9.17, 15) is 4.79 Å². The minimum Gasteiger partial charge on any atom is -0.342 e. The number of nitrogens with zero attached hydrogens (tertiary/aromatic N) is 4. The van der Waals surface area contributed by atoms with E-state index in [4.69, 9.17) is 0 Å². The molecule has 1 aliphatic rings. The van der Waals surface area contributed by atoms with Crippen LogP contribution in [0.25, 0.3) is 0 Å². The Morgan fingerprint density at radius 3 is 3.04 bits per heavy atom. The van der Waals surface area contributed by atoms with E-state index >= 15 is 0 Å². The number of hydrogen-bond acceptors (Lipinski definition) is 4. The zero-order valence-electron chi connectivity index (χ0n) is 15.8. The van der Waals surface area contributed by atoms with Crippen molar-refractivity contribution in [2.45, 2.75) is 39.2 Å². The third-order valence-electron chi connectivity index (χ3n) is 5.16. The first-order valence-electron chi connectivity index (χ1n) is 9.47. The number of hydrogen-bond donors (Lipinski definition) is 1. The second-order valence-electron chi connectivity index (χ2n) is 7.39. The fourth-order valence-corrected chi connectivity index (χ4v) is 3.62. The van der Waals surface area contributed by atoms with Crippen molar-refractivity contribution >= 4 is 5.91 Å². The van der Waals surface area contributed by atoms with Gasteiger partial charge in [0.25, 0.3) is 0 Å². The molecule has 3 rings (SSSR count). The van der Waals surface area contributed by atoms with Crippen molar-refractivity contribution in [2.75, 3.05) is 26.7 Å². The van der Waals surface area contributed by atoms with Crippen molar-refractivity contribution in [1.29, 1.82) is 0 Å². The molecule has 1 unspecified atom stereocenters. The fraction of sp³-hybridized carbons (Fsp3) is 0.550. The molecule has 0 saturated carbocycles. The highest BCUT2D eigenvalue weighted by atomic mass is 16.2. The lowest BCUT2D eigenvalue weighted by atomic mass is 9.92. The van der Waals surface area contributed by atoms with E-state index in [1.54, 1.807) is 0 Å². The Bertz CT molecular complexity index is 699. The smallest absolute Gasteiger partial charge is 0.223 e. The number of nitrogens with one attached hydrogen (secondary N) is 1. The molecule has 0 radical (unpaired) electrons. The Morgan fingerprint density at radius 1 is 1.42 bits per heavy atom.